The predicted octanol–water partition coefficient (Wildman–Crippen LogP) is 3.12. The molecule has 0 bridgehead atoms. The monoisotopic (exact) mass is 346 g/mol. The molecule has 2 aromatic carbocycles. The average Bonchev–Trinajstić information content (AvgIpc) is 2.53. The fourth-order valence-electron chi connectivity index (χ4n) is 1.73. The van der Waals surface area contributed by atoms with Crippen molar-refractivity contribution >= 4 is 25.4 Å². The maximum absolute atomic E-state index is 11.7. The van der Waals surface area contributed by atoms with Gasteiger partial charge in [0, 0.05) is 0 Å². The van der Waals surface area contributed by atoms with Crippen molar-refractivity contribution < 1.29 is 9.53 Å². The molecule has 0 unspecified atom stereocenters. The summed E-state index contributed by atoms with van der Waals surface area (Å²) in [5.74, 6) is -0.264. The van der Waals surface area contributed by atoms with Crippen LogP contribution in [0.2, 0.25) is 5.32 Å². The summed E-state index contributed by atoms with van der Waals surface area (Å²) in [5, 5.41) is 0.928. The third-order valence-corrected chi connectivity index (χ3v) is 5.33. The number of carbonyl (C=O) groups excluding carboxylic acids is 1. The van der Waals surface area contributed by atoms with Gasteiger partial charge in [-0.25, -0.2) is 0 Å². The van der Waals surface area contributed by atoms with Crippen LogP contribution in [0, 0.1) is 0 Å². The van der Waals surface area contributed by atoms with E-state index in [2.05, 4.69) is 12.1 Å². The molecule has 0 amide bonds. The number of allylic oxidation sites excluding steroid dienone is 1. The molecule has 2 aromatic rings. The molecule has 0 spiro atoms. The van der Waals surface area contributed by atoms with Gasteiger partial charge in [-0.15, -0.1) is 0 Å². The predicted molar refractivity (Wildman–Crippen MR) is 86.6 cm³/mol. The molecular weight excluding hydrogens is 327 g/mol. The molecule has 0 aromatic heterocycles. The normalized spacial score (nSPS) is 11.2. The Balaban J connectivity index is 1.77. The first kappa shape index (κ1) is 15.6. The second-order valence-corrected chi connectivity index (χ2v) is 6.89. The molecule has 2 nitrogen and oxygen atoms in total. The van der Waals surface area contributed by atoms with Crippen molar-refractivity contribution in [1.29, 1.82) is 0 Å². The standard InChI is InChI=1S/C18H18O2Se/c1-15(14-21-17-10-6-3-7-11-17)12-18(19)20-13-16-8-4-2-5-9-16/h2-12H,13-14H2,1H3/b15-12+. The summed E-state index contributed by atoms with van der Waals surface area (Å²) in [4.78, 5) is 11.7. The Hall–Kier alpha value is -1.83. The van der Waals surface area contributed by atoms with Gasteiger partial charge >= 0.3 is 132 Å². The molecule has 0 aliphatic rings. The van der Waals surface area contributed by atoms with Crippen molar-refractivity contribution in [3.8, 4) is 0 Å². The second-order valence-electron chi connectivity index (χ2n) is 4.69. The number of carbonyl (C=O) groups is 1. The first-order valence-electron chi connectivity index (χ1n) is 6.80. The summed E-state index contributed by atoms with van der Waals surface area (Å²) < 4.78 is 6.59. The second kappa shape index (κ2) is 8.45. The number of benzene rings is 2. The number of esters is 1. The van der Waals surface area contributed by atoms with Gasteiger partial charge in [-0.2, -0.15) is 0 Å². The van der Waals surface area contributed by atoms with Crippen molar-refractivity contribution in [2.45, 2.75) is 18.8 Å². The van der Waals surface area contributed by atoms with Gasteiger partial charge in [-0.1, -0.05) is 0 Å². The van der Waals surface area contributed by atoms with E-state index in [1.807, 2.05) is 55.5 Å². The Morgan fingerprint density at radius 2 is 1.67 bits per heavy atom. The van der Waals surface area contributed by atoms with Gasteiger partial charge in [-0.05, 0) is 0 Å². The summed E-state index contributed by atoms with van der Waals surface area (Å²) in [5.41, 5.74) is 2.07. The van der Waals surface area contributed by atoms with E-state index in [4.69, 9.17) is 4.74 Å². The van der Waals surface area contributed by atoms with Crippen LogP contribution in [0.3, 0.4) is 0 Å². The topological polar surface area (TPSA) is 26.3 Å². The quantitative estimate of drug-likeness (QED) is 0.457. The van der Waals surface area contributed by atoms with E-state index in [0.717, 1.165) is 16.5 Å². The Labute approximate surface area is 132 Å². The van der Waals surface area contributed by atoms with Gasteiger partial charge in [0.25, 0.3) is 0 Å². The van der Waals surface area contributed by atoms with Gasteiger partial charge < -0.3 is 0 Å². The van der Waals surface area contributed by atoms with Crippen LogP contribution in [0.25, 0.3) is 0 Å². The Bertz CT molecular complexity index is 591. The van der Waals surface area contributed by atoms with Gasteiger partial charge in [0.15, 0.2) is 0 Å². The number of ether oxygens (including phenoxy) is 1. The zero-order valence-electron chi connectivity index (χ0n) is 12.0. The van der Waals surface area contributed by atoms with E-state index < -0.39 is 0 Å². The molecular formula is C18H18O2Se. The summed E-state index contributed by atoms with van der Waals surface area (Å²) in [6.45, 7) is 2.31. The molecule has 0 heterocycles. The van der Waals surface area contributed by atoms with Crippen molar-refractivity contribution in [3.05, 3.63) is 77.9 Å². The van der Waals surface area contributed by atoms with Crippen LogP contribution in [-0.2, 0) is 16.1 Å². The molecule has 0 N–H and O–H groups in total. The van der Waals surface area contributed by atoms with Crippen molar-refractivity contribution in [3.63, 3.8) is 0 Å². The van der Waals surface area contributed by atoms with E-state index in [1.165, 1.54) is 4.46 Å². The minimum atomic E-state index is -0.264. The fourth-order valence-corrected chi connectivity index (χ4v) is 3.46. The van der Waals surface area contributed by atoms with Gasteiger partial charge in [-0.3, -0.25) is 0 Å². The van der Waals surface area contributed by atoms with Crippen molar-refractivity contribution in [2.75, 3.05) is 0 Å². The van der Waals surface area contributed by atoms with E-state index >= 15 is 0 Å². The summed E-state index contributed by atoms with van der Waals surface area (Å²) >= 11 is 0.363. The molecule has 0 fully saturated rings. The number of hydrogen-bond acceptors (Lipinski definition) is 2. The van der Waals surface area contributed by atoms with Crippen LogP contribution < -0.4 is 4.46 Å². The van der Waals surface area contributed by atoms with Crippen molar-refractivity contribution in [2.24, 2.45) is 0 Å². The molecule has 108 valence electrons. The van der Waals surface area contributed by atoms with Crippen LogP contribution in [0.4, 0.5) is 0 Å². The SMILES string of the molecule is C/C(=C\C(=O)OCc1ccccc1)C[Se]c1ccccc1. The third-order valence-electron chi connectivity index (χ3n) is 2.80. The Kier molecular flexibility index (Phi) is 6.26. The van der Waals surface area contributed by atoms with Crippen LogP contribution in [0.5, 0.6) is 0 Å². The third kappa shape index (κ3) is 5.99. The molecule has 0 saturated heterocycles. The molecule has 0 saturated carbocycles. The van der Waals surface area contributed by atoms with Crippen LogP contribution in [0.15, 0.2) is 72.3 Å². The zero-order valence-corrected chi connectivity index (χ0v) is 13.7. The molecule has 0 aliphatic heterocycles. The summed E-state index contributed by atoms with van der Waals surface area (Å²) in [7, 11) is 0. The number of rotatable bonds is 6. The minimum absolute atomic E-state index is 0.264. The maximum atomic E-state index is 11.7. The van der Waals surface area contributed by atoms with Crippen LogP contribution in [-0.4, -0.2) is 20.9 Å². The van der Waals surface area contributed by atoms with E-state index in [0.29, 0.717) is 21.6 Å². The average molecular weight is 345 g/mol. The molecule has 3 heteroatoms. The number of hydrogen-bond donors (Lipinski definition) is 0. The van der Waals surface area contributed by atoms with Crippen LogP contribution in [0.1, 0.15) is 12.5 Å². The van der Waals surface area contributed by atoms with E-state index in [9.17, 15) is 4.79 Å². The van der Waals surface area contributed by atoms with Gasteiger partial charge in [0.2, 0.25) is 0 Å². The fraction of sp³-hybridized carbons (Fsp3) is 0.167. The molecule has 2 rings (SSSR count). The summed E-state index contributed by atoms with van der Waals surface area (Å²) in [6.07, 6.45) is 1.60. The zero-order chi connectivity index (χ0) is 14.9. The molecule has 0 atom stereocenters. The Morgan fingerprint density at radius 3 is 2.33 bits per heavy atom. The first-order valence-corrected chi connectivity index (χ1v) is 8.86. The summed E-state index contributed by atoms with van der Waals surface area (Å²) in [6, 6.07) is 20.1. The van der Waals surface area contributed by atoms with Gasteiger partial charge in [0.1, 0.15) is 0 Å². The Morgan fingerprint density at radius 1 is 1.05 bits per heavy atom. The molecule has 21 heavy (non-hydrogen) atoms. The van der Waals surface area contributed by atoms with E-state index in [1.54, 1.807) is 6.08 Å². The molecule has 0 aliphatic carbocycles. The molecule has 0 radical (unpaired) electrons. The van der Waals surface area contributed by atoms with Crippen LogP contribution >= 0.6 is 0 Å². The van der Waals surface area contributed by atoms with E-state index in [-0.39, 0.29) is 5.97 Å². The first-order chi connectivity index (χ1) is 10.2. The van der Waals surface area contributed by atoms with Gasteiger partial charge in [0.05, 0.1) is 0 Å². The van der Waals surface area contributed by atoms with Crippen molar-refractivity contribution in [1.82, 2.24) is 0 Å².